The van der Waals surface area contributed by atoms with Crippen molar-refractivity contribution in [3.63, 3.8) is 0 Å². The minimum atomic E-state index is 0. The van der Waals surface area contributed by atoms with E-state index in [0.29, 0.717) is 0 Å². The molecule has 0 aromatic rings. The third kappa shape index (κ3) is 23.7. The van der Waals surface area contributed by atoms with Gasteiger partial charge in [-0.3, -0.25) is 0 Å². The summed E-state index contributed by atoms with van der Waals surface area (Å²) in [6.07, 6.45) is 0. The molecule has 0 aromatic heterocycles. The topological polar surface area (TPSA) is 0 Å². The SMILES string of the molecule is [Ba+2].[Ca+2].[Cl-].[Cl-].[Cl-].[Mg+2]. The molecule has 0 aliphatic carbocycles. The average molecular weight is 308 g/mol. The number of halogens is 3. The van der Waals surface area contributed by atoms with E-state index < -0.39 is 0 Å². The molecule has 0 nitrogen and oxygen atoms in total. The average Bonchev–Trinajstić information content (AvgIpc) is 0. The van der Waals surface area contributed by atoms with Gasteiger partial charge in [0.15, 0.2) is 0 Å². The Morgan fingerprint density at radius 2 is 0.667 bits per heavy atom. The maximum atomic E-state index is 0. The fraction of sp³-hybridized carbons (Fsp3) is 0. The molecule has 0 heterocycles. The van der Waals surface area contributed by atoms with Crippen LogP contribution in [0.1, 0.15) is 0 Å². The van der Waals surface area contributed by atoms with Crippen LogP contribution in [0.15, 0.2) is 0 Å². The zero-order valence-electron chi connectivity index (χ0n) is 3.26. The van der Waals surface area contributed by atoms with E-state index in [0.717, 1.165) is 0 Å². The molecule has 24 valence electrons. The maximum Gasteiger partial charge on any atom is 2.00 e. The predicted octanol–water partition coefficient (Wildman–Crippen LogP) is -10.1. The quantitative estimate of drug-likeness (QED) is 0.390. The molecule has 0 radical (unpaired) electrons. The summed E-state index contributed by atoms with van der Waals surface area (Å²) in [7, 11) is 0. The van der Waals surface area contributed by atoms with Crippen LogP contribution >= 0.6 is 0 Å². The van der Waals surface area contributed by atoms with Crippen LogP contribution < -0.4 is 37.2 Å². The van der Waals surface area contributed by atoms with Crippen molar-refractivity contribution in [1.29, 1.82) is 0 Å². The van der Waals surface area contributed by atoms with Gasteiger partial charge < -0.3 is 37.2 Å². The van der Waals surface area contributed by atoms with E-state index in [4.69, 9.17) is 0 Å². The Morgan fingerprint density at radius 1 is 0.667 bits per heavy atom. The van der Waals surface area contributed by atoms with E-state index in [2.05, 4.69) is 0 Å². The Bertz CT molecular complexity index is 10.8. The van der Waals surface area contributed by atoms with Gasteiger partial charge in [-0.25, -0.2) is 0 Å². The molecule has 0 unspecified atom stereocenters. The van der Waals surface area contributed by atoms with Crippen molar-refractivity contribution in [3.05, 3.63) is 0 Å². The number of hydrogen-bond acceptors (Lipinski definition) is 0. The third-order valence-electron chi connectivity index (χ3n) is 0. The summed E-state index contributed by atoms with van der Waals surface area (Å²) in [4.78, 5) is 0. The van der Waals surface area contributed by atoms with Crippen LogP contribution in [0.3, 0.4) is 0 Å². The molecule has 0 spiro atoms. The summed E-state index contributed by atoms with van der Waals surface area (Å²) >= 11 is 0. The van der Waals surface area contributed by atoms with Gasteiger partial charge in [-0.2, -0.15) is 0 Å². The molecule has 0 aromatic carbocycles. The molecule has 0 atom stereocenters. The summed E-state index contributed by atoms with van der Waals surface area (Å²) < 4.78 is 0. The van der Waals surface area contributed by atoms with Crippen molar-refractivity contribution < 1.29 is 37.2 Å². The van der Waals surface area contributed by atoms with E-state index in [1.165, 1.54) is 0 Å². The van der Waals surface area contributed by atoms with E-state index >= 15 is 0 Å². The third-order valence-corrected chi connectivity index (χ3v) is 0. The van der Waals surface area contributed by atoms with Gasteiger partial charge in [-0.15, -0.1) is 0 Å². The molecule has 0 fully saturated rings. The summed E-state index contributed by atoms with van der Waals surface area (Å²) in [5, 5.41) is 0. The van der Waals surface area contributed by atoms with Gasteiger partial charge in [0.1, 0.15) is 0 Å². The van der Waals surface area contributed by atoms with Gasteiger partial charge >= 0.3 is 110 Å². The van der Waals surface area contributed by atoms with E-state index in [-0.39, 0.29) is 147 Å². The molecule has 0 rings (SSSR count). The Balaban J connectivity index is 0. The summed E-state index contributed by atoms with van der Waals surface area (Å²) in [6, 6.07) is 0. The normalized spacial score (nSPS) is 0. The van der Waals surface area contributed by atoms with E-state index in [1.807, 2.05) is 0 Å². The standard InChI is InChI=1S/Ba.Ca.3ClH.Mg/h;;3*1H;/q2*+2;;;;+2/p-3. The van der Waals surface area contributed by atoms with Crippen LogP contribution in [-0.4, -0.2) is 110 Å². The van der Waals surface area contributed by atoms with Crippen molar-refractivity contribution in [3.8, 4) is 0 Å². The second-order valence-corrected chi connectivity index (χ2v) is 0. The maximum absolute atomic E-state index is 0. The van der Waals surface area contributed by atoms with Crippen molar-refractivity contribution in [1.82, 2.24) is 0 Å². The van der Waals surface area contributed by atoms with Crippen LogP contribution in [0.5, 0.6) is 0 Å². The smallest absolute Gasteiger partial charge is 1.00 e. The Labute approximate surface area is 143 Å². The molecular formula is BaCaCl3Mg+3. The molecule has 6 heteroatoms. The Hall–Kier alpha value is 4.47. The summed E-state index contributed by atoms with van der Waals surface area (Å²) in [5.41, 5.74) is 0. The van der Waals surface area contributed by atoms with Gasteiger partial charge in [0, 0.05) is 0 Å². The van der Waals surface area contributed by atoms with Gasteiger partial charge in [-0.05, 0) is 0 Å². The minimum Gasteiger partial charge on any atom is -1.00 e. The fourth-order valence-corrected chi connectivity index (χ4v) is 0. The molecule has 0 amide bonds. The summed E-state index contributed by atoms with van der Waals surface area (Å²) in [6.45, 7) is 0. The van der Waals surface area contributed by atoms with Crippen LogP contribution in [-0.2, 0) is 0 Å². The minimum absolute atomic E-state index is 0. The molecule has 0 aliphatic heterocycles. The van der Waals surface area contributed by atoms with Crippen LogP contribution in [0, 0.1) is 0 Å². The molecule has 0 bridgehead atoms. The first-order valence-electron chi connectivity index (χ1n) is 0. The first kappa shape index (κ1) is 47.0. The fourth-order valence-electron chi connectivity index (χ4n) is 0. The van der Waals surface area contributed by atoms with E-state index in [1.54, 1.807) is 0 Å². The van der Waals surface area contributed by atoms with Gasteiger partial charge in [0.2, 0.25) is 0 Å². The number of rotatable bonds is 0. The second-order valence-electron chi connectivity index (χ2n) is 0. The molecule has 0 saturated carbocycles. The van der Waals surface area contributed by atoms with Crippen molar-refractivity contribution in [2.24, 2.45) is 0 Å². The van der Waals surface area contributed by atoms with Gasteiger partial charge in [0.25, 0.3) is 0 Å². The second kappa shape index (κ2) is 34.0. The van der Waals surface area contributed by atoms with Gasteiger partial charge in [-0.1, -0.05) is 0 Å². The first-order valence-corrected chi connectivity index (χ1v) is 0. The molecule has 0 aliphatic rings. The number of hydrogen-bond donors (Lipinski definition) is 0. The van der Waals surface area contributed by atoms with Crippen LogP contribution in [0.4, 0.5) is 0 Å². The summed E-state index contributed by atoms with van der Waals surface area (Å²) in [5.74, 6) is 0. The van der Waals surface area contributed by atoms with Crippen molar-refractivity contribution in [2.75, 3.05) is 0 Å². The molecule has 6 heavy (non-hydrogen) atoms. The Kier molecular flexibility index (Phi) is 266. The van der Waals surface area contributed by atoms with Crippen LogP contribution in [0.25, 0.3) is 0 Å². The van der Waals surface area contributed by atoms with E-state index in [9.17, 15) is 0 Å². The molecule has 0 N–H and O–H groups in total. The Morgan fingerprint density at radius 3 is 0.667 bits per heavy atom. The molecule has 0 saturated heterocycles. The van der Waals surface area contributed by atoms with Gasteiger partial charge in [0.05, 0.1) is 0 Å². The zero-order valence-corrected chi connectivity index (χ0v) is 13.6. The van der Waals surface area contributed by atoms with Crippen molar-refractivity contribution >= 4 is 110 Å². The zero-order chi connectivity index (χ0) is 0. The predicted molar refractivity (Wildman–Crippen MR) is 17.3 cm³/mol. The first-order chi connectivity index (χ1) is 0. The molecular weight excluding hydrogens is 308 g/mol. The van der Waals surface area contributed by atoms with Crippen molar-refractivity contribution in [2.45, 2.75) is 0 Å². The largest absolute Gasteiger partial charge is 2.00 e. The van der Waals surface area contributed by atoms with Crippen LogP contribution in [0.2, 0.25) is 0 Å². The monoisotopic (exact) mass is 307 g/mol.